The quantitative estimate of drug-likeness (QED) is 0.762. The minimum Gasteiger partial charge on any atom is -0.354 e. The second-order valence-corrected chi connectivity index (χ2v) is 7.71. The summed E-state index contributed by atoms with van der Waals surface area (Å²) in [6.45, 7) is 4.76. The second kappa shape index (κ2) is 7.84. The van der Waals surface area contributed by atoms with Crippen LogP contribution >= 0.6 is 0 Å². The summed E-state index contributed by atoms with van der Waals surface area (Å²) in [5.74, 6) is 1.05. The van der Waals surface area contributed by atoms with E-state index in [9.17, 15) is 4.21 Å². The van der Waals surface area contributed by atoms with Crippen LogP contribution in [0.2, 0.25) is 0 Å². The smallest absolute Gasteiger partial charge is 0.232 e. The first-order valence-corrected chi connectivity index (χ1v) is 10.2. The minimum atomic E-state index is -1.98. The van der Waals surface area contributed by atoms with Crippen LogP contribution in [0.4, 0.5) is 5.82 Å². The zero-order chi connectivity index (χ0) is 17.9. The van der Waals surface area contributed by atoms with Gasteiger partial charge in [0.15, 0.2) is 0 Å². The second-order valence-electron chi connectivity index (χ2n) is 6.93. The van der Waals surface area contributed by atoms with Gasteiger partial charge in [-0.1, -0.05) is 24.3 Å². The molecule has 1 saturated carbocycles. The predicted octanol–water partition coefficient (Wildman–Crippen LogP) is 2.26. The van der Waals surface area contributed by atoms with Gasteiger partial charge >= 0.3 is 0 Å². The average Bonchev–Trinajstić information content (AvgIpc) is 3.52. The number of aromatic nitrogens is 1. The Balaban J connectivity index is 1.37. The molecule has 1 aliphatic heterocycles. The van der Waals surface area contributed by atoms with Gasteiger partial charge < -0.3 is 4.90 Å². The van der Waals surface area contributed by atoms with Crippen molar-refractivity contribution < 1.29 is 8.76 Å². The molecule has 0 amide bonds. The zero-order valence-corrected chi connectivity index (χ0v) is 15.5. The van der Waals surface area contributed by atoms with E-state index in [1.807, 2.05) is 30.5 Å². The summed E-state index contributed by atoms with van der Waals surface area (Å²) in [6, 6.07) is 13.0. The van der Waals surface area contributed by atoms with Gasteiger partial charge in [0.1, 0.15) is 5.82 Å². The Kier molecular flexibility index (Phi) is 5.31. The molecule has 7 heteroatoms. The number of hydrogen-bond acceptors (Lipinski definition) is 4. The Bertz CT molecular complexity index is 754. The molecule has 6 nitrogen and oxygen atoms in total. The van der Waals surface area contributed by atoms with Gasteiger partial charge in [-0.25, -0.2) is 13.9 Å². The maximum absolute atomic E-state index is 10.7. The molecule has 2 heterocycles. The van der Waals surface area contributed by atoms with Crippen LogP contribution in [0.1, 0.15) is 18.4 Å². The van der Waals surface area contributed by atoms with Crippen molar-refractivity contribution in [2.75, 3.05) is 31.1 Å². The fraction of sp³-hybridized carbons (Fsp3) is 0.421. The largest absolute Gasteiger partial charge is 0.354 e. The van der Waals surface area contributed by atoms with Crippen LogP contribution in [0.5, 0.6) is 0 Å². The number of anilines is 1. The number of piperazine rings is 1. The molecule has 0 spiro atoms. The highest BCUT2D eigenvalue weighted by Gasteiger charge is 2.31. The van der Waals surface area contributed by atoms with Gasteiger partial charge in [0, 0.05) is 50.5 Å². The molecule has 2 aromatic rings. The van der Waals surface area contributed by atoms with Crippen LogP contribution in [-0.2, 0) is 17.8 Å². The summed E-state index contributed by atoms with van der Waals surface area (Å²) in [6.07, 6.45) is 4.68. The van der Waals surface area contributed by atoms with Crippen LogP contribution in [-0.4, -0.2) is 50.9 Å². The van der Waals surface area contributed by atoms with Gasteiger partial charge in [-0.15, -0.1) is 0 Å². The van der Waals surface area contributed by atoms with Gasteiger partial charge in [-0.3, -0.25) is 9.45 Å². The lowest BCUT2D eigenvalue weighted by molar-refractivity contribution is 0.247. The molecular weight excluding hydrogens is 348 g/mol. The van der Waals surface area contributed by atoms with E-state index in [4.69, 9.17) is 4.55 Å². The van der Waals surface area contributed by atoms with E-state index in [1.165, 1.54) is 12.8 Å². The predicted molar refractivity (Wildman–Crippen MR) is 104 cm³/mol. The summed E-state index contributed by atoms with van der Waals surface area (Å²) >= 11 is -1.98. The van der Waals surface area contributed by atoms with Gasteiger partial charge in [0.25, 0.3) is 0 Å². The van der Waals surface area contributed by atoms with Gasteiger partial charge in [-0.05, 0) is 36.1 Å². The van der Waals surface area contributed by atoms with Crippen LogP contribution in [0.15, 0.2) is 42.6 Å². The molecular formula is C19H24N4O2S. The number of pyridine rings is 1. The van der Waals surface area contributed by atoms with Crippen molar-refractivity contribution in [1.82, 2.24) is 14.6 Å². The van der Waals surface area contributed by atoms with Crippen molar-refractivity contribution >= 4 is 17.1 Å². The molecule has 2 fully saturated rings. The van der Waals surface area contributed by atoms with Crippen molar-refractivity contribution in [3.8, 4) is 11.1 Å². The van der Waals surface area contributed by atoms with Crippen molar-refractivity contribution in [3.63, 3.8) is 0 Å². The molecule has 2 aliphatic rings. The third-order valence-electron chi connectivity index (χ3n) is 5.14. The molecule has 1 aromatic heterocycles. The number of rotatable bonds is 6. The Morgan fingerprint density at radius 2 is 1.73 bits per heavy atom. The number of benzene rings is 1. The Hall–Kier alpha value is -1.80. The Morgan fingerprint density at radius 3 is 2.31 bits per heavy atom. The van der Waals surface area contributed by atoms with E-state index in [2.05, 4.69) is 31.6 Å². The fourth-order valence-corrected chi connectivity index (χ4v) is 3.75. The van der Waals surface area contributed by atoms with Crippen molar-refractivity contribution in [3.05, 3.63) is 48.2 Å². The highest BCUT2D eigenvalue weighted by atomic mass is 32.2. The summed E-state index contributed by atoms with van der Waals surface area (Å²) in [7, 11) is 0. The summed E-state index contributed by atoms with van der Waals surface area (Å²) in [4.78, 5) is 9.64. The molecule has 4 rings (SSSR count). The first kappa shape index (κ1) is 17.6. The molecule has 0 bridgehead atoms. The van der Waals surface area contributed by atoms with Crippen LogP contribution < -0.4 is 9.62 Å². The third kappa shape index (κ3) is 4.29. The lowest BCUT2D eigenvalue weighted by Gasteiger charge is -2.35. The monoisotopic (exact) mass is 372 g/mol. The minimum absolute atomic E-state index is 0.368. The molecule has 1 saturated heterocycles. The lowest BCUT2D eigenvalue weighted by atomic mass is 10.1. The van der Waals surface area contributed by atoms with E-state index >= 15 is 0 Å². The van der Waals surface area contributed by atoms with Crippen LogP contribution in [0, 0.1) is 0 Å². The van der Waals surface area contributed by atoms with Crippen molar-refractivity contribution in [2.24, 2.45) is 0 Å². The molecule has 1 aromatic carbocycles. The van der Waals surface area contributed by atoms with Crippen LogP contribution in [0.3, 0.4) is 0 Å². The Morgan fingerprint density at radius 1 is 1.04 bits per heavy atom. The fourth-order valence-electron chi connectivity index (χ4n) is 3.46. The molecule has 0 radical (unpaired) electrons. The normalized spacial score (nSPS) is 19.5. The summed E-state index contributed by atoms with van der Waals surface area (Å²) < 4.78 is 21.9. The van der Waals surface area contributed by atoms with E-state index in [1.54, 1.807) is 0 Å². The molecule has 26 heavy (non-hydrogen) atoms. The zero-order valence-electron chi connectivity index (χ0n) is 14.7. The highest BCUT2D eigenvalue weighted by Crippen LogP contribution is 2.28. The van der Waals surface area contributed by atoms with Gasteiger partial charge in [0.05, 0.1) is 0 Å². The molecule has 1 atom stereocenters. The SMILES string of the molecule is O=S(O)NCc1ccc(-c2ccc(N3CCN(C4CC4)CC3)nc2)cc1. The number of nitrogens with one attached hydrogen (secondary N) is 1. The van der Waals surface area contributed by atoms with Gasteiger partial charge in [0.2, 0.25) is 11.3 Å². The maximum atomic E-state index is 10.7. The molecule has 1 unspecified atom stereocenters. The highest BCUT2D eigenvalue weighted by molar-refractivity contribution is 7.77. The van der Waals surface area contributed by atoms with Gasteiger partial charge in [-0.2, -0.15) is 0 Å². The lowest BCUT2D eigenvalue weighted by Crippen LogP contribution is -2.47. The standard InChI is InChI=1S/C19H24N4O2S/c24-26(25)21-13-15-1-3-16(4-2-15)17-5-8-19(20-14-17)23-11-9-22(10-12-23)18-6-7-18/h1-5,8,14,18,21H,6-7,9-13H2,(H,24,25). The molecule has 138 valence electrons. The van der Waals surface area contributed by atoms with Crippen molar-refractivity contribution in [1.29, 1.82) is 0 Å². The number of nitrogens with zero attached hydrogens (tertiary/aromatic N) is 3. The number of hydrogen-bond donors (Lipinski definition) is 2. The van der Waals surface area contributed by atoms with E-state index in [-0.39, 0.29) is 0 Å². The van der Waals surface area contributed by atoms with E-state index in [0.29, 0.717) is 6.54 Å². The summed E-state index contributed by atoms with van der Waals surface area (Å²) in [5.41, 5.74) is 3.14. The van der Waals surface area contributed by atoms with E-state index < -0.39 is 11.3 Å². The topological polar surface area (TPSA) is 68.7 Å². The molecule has 2 N–H and O–H groups in total. The molecule has 1 aliphatic carbocycles. The average molecular weight is 372 g/mol. The third-order valence-corrected chi connectivity index (χ3v) is 5.53. The summed E-state index contributed by atoms with van der Waals surface area (Å²) in [5, 5.41) is 0. The van der Waals surface area contributed by atoms with E-state index in [0.717, 1.165) is 54.7 Å². The van der Waals surface area contributed by atoms with Crippen molar-refractivity contribution in [2.45, 2.75) is 25.4 Å². The first-order chi connectivity index (χ1) is 12.7. The maximum Gasteiger partial charge on any atom is 0.232 e. The van der Waals surface area contributed by atoms with Crippen LogP contribution in [0.25, 0.3) is 11.1 Å². The first-order valence-electron chi connectivity index (χ1n) is 9.08. The Labute approximate surface area is 156 Å².